The van der Waals surface area contributed by atoms with Gasteiger partial charge in [-0.3, -0.25) is 0 Å². The first-order valence-corrected chi connectivity index (χ1v) is 5.64. The maximum atomic E-state index is 6.10. The number of hydrogen-bond acceptors (Lipinski definition) is 5. The Kier molecular flexibility index (Phi) is 3.86. The summed E-state index contributed by atoms with van der Waals surface area (Å²) in [4.78, 5) is 4.02. The van der Waals surface area contributed by atoms with Crippen LogP contribution in [-0.2, 0) is 0 Å². The lowest BCUT2D eigenvalue weighted by atomic mass is 10.2. The number of aromatic nitrogens is 1. The minimum absolute atomic E-state index is 0.569. The third kappa shape index (κ3) is 2.82. The highest BCUT2D eigenvalue weighted by Crippen LogP contribution is 2.29. The molecule has 6 heteroatoms. The van der Waals surface area contributed by atoms with Crippen molar-refractivity contribution in [3.63, 3.8) is 0 Å². The minimum Gasteiger partial charge on any atom is -0.497 e. The van der Waals surface area contributed by atoms with Crippen molar-refractivity contribution in [2.45, 2.75) is 0 Å². The standard InChI is InChI=1S/C12H13ClN4O/c1-18-9-2-3-10(13)11(7-9)16-8-4-5-15-12(6-8)17-14/h2-7H,14H2,1H3,(H2,15,16,17). The highest BCUT2D eigenvalue weighted by molar-refractivity contribution is 6.33. The molecule has 0 radical (unpaired) electrons. The topological polar surface area (TPSA) is 72.2 Å². The first kappa shape index (κ1) is 12.5. The van der Waals surface area contributed by atoms with Crippen molar-refractivity contribution in [1.29, 1.82) is 0 Å². The molecule has 0 aliphatic rings. The van der Waals surface area contributed by atoms with Gasteiger partial charge in [-0.2, -0.15) is 0 Å². The molecule has 0 spiro atoms. The summed E-state index contributed by atoms with van der Waals surface area (Å²) >= 11 is 6.10. The van der Waals surface area contributed by atoms with Gasteiger partial charge in [-0.15, -0.1) is 0 Å². The largest absolute Gasteiger partial charge is 0.497 e. The molecule has 0 amide bonds. The highest BCUT2D eigenvalue weighted by Gasteiger charge is 2.03. The lowest BCUT2D eigenvalue weighted by molar-refractivity contribution is 0.415. The van der Waals surface area contributed by atoms with Gasteiger partial charge in [0.05, 0.1) is 17.8 Å². The van der Waals surface area contributed by atoms with Crippen LogP contribution < -0.4 is 21.3 Å². The molecular formula is C12H13ClN4O. The van der Waals surface area contributed by atoms with Crippen molar-refractivity contribution in [3.8, 4) is 5.75 Å². The van der Waals surface area contributed by atoms with Crippen molar-refractivity contribution in [2.75, 3.05) is 17.9 Å². The summed E-state index contributed by atoms with van der Waals surface area (Å²) in [7, 11) is 1.61. The van der Waals surface area contributed by atoms with Gasteiger partial charge in [0, 0.05) is 24.0 Å². The molecule has 1 aromatic heterocycles. The third-order valence-corrected chi connectivity index (χ3v) is 2.69. The van der Waals surface area contributed by atoms with E-state index in [2.05, 4.69) is 15.7 Å². The molecule has 4 N–H and O–H groups in total. The van der Waals surface area contributed by atoms with E-state index in [0.717, 1.165) is 17.1 Å². The molecule has 2 rings (SSSR count). The van der Waals surface area contributed by atoms with E-state index in [0.29, 0.717) is 10.8 Å². The summed E-state index contributed by atoms with van der Waals surface area (Å²) in [5.41, 5.74) is 4.06. The second-order valence-electron chi connectivity index (χ2n) is 3.54. The van der Waals surface area contributed by atoms with Crippen LogP contribution in [0.25, 0.3) is 0 Å². The molecule has 0 aliphatic heterocycles. The average Bonchev–Trinajstić information content (AvgIpc) is 2.41. The van der Waals surface area contributed by atoms with Gasteiger partial charge in [-0.05, 0) is 18.2 Å². The minimum atomic E-state index is 0.569. The van der Waals surface area contributed by atoms with Gasteiger partial charge in [0.2, 0.25) is 0 Å². The van der Waals surface area contributed by atoms with Crippen molar-refractivity contribution >= 4 is 28.8 Å². The maximum Gasteiger partial charge on any atom is 0.141 e. The van der Waals surface area contributed by atoms with Crippen molar-refractivity contribution in [1.82, 2.24) is 4.98 Å². The van der Waals surface area contributed by atoms with Crippen molar-refractivity contribution < 1.29 is 4.74 Å². The fourth-order valence-electron chi connectivity index (χ4n) is 1.47. The molecule has 0 saturated carbocycles. The van der Waals surface area contributed by atoms with Crippen LogP contribution in [0.2, 0.25) is 5.02 Å². The zero-order chi connectivity index (χ0) is 13.0. The number of nitrogen functional groups attached to an aromatic ring is 1. The van der Waals surface area contributed by atoms with Crippen LogP contribution >= 0.6 is 11.6 Å². The molecule has 5 nitrogen and oxygen atoms in total. The molecule has 94 valence electrons. The van der Waals surface area contributed by atoms with E-state index in [4.69, 9.17) is 22.2 Å². The van der Waals surface area contributed by atoms with Crippen molar-refractivity contribution in [3.05, 3.63) is 41.6 Å². The van der Waals surface area contributed by atoms with Crippen LogP contribution in [0.1, 0.15) is 0 Å². The maximum absolute atomic E-state index is 6.10. The van der Waals surface area contributed by atoms with Crippen LogP contribution in [0.4, 0.5) is 17.2 Å². The number of nitrogens with one attached hydrogen (secondary N) is 2. The summed E-state index contributed by atoms with van der Waals surface area (Å²) in [6, 6.07) is 8.98. The van der Waals surface area contributed by atoms with E-state index in [-0.39, 0.29) is 0 Å². The zero-order valence-electron chi connectivity index (χ0n) is 9.77. The van der Waals surface area contributed by atoms with E-state index >= 15 is 0 Å². The van der Waals surface area contributed by atoms with E-state index in [9.17, 15) is 0 Å². The summed E-state index contributed by atoms with van der Waals surface area (Å²) in [6.45, 7) is 0. The number of pyridine rings is 1. The Morgan fingerprint density at radius 1 is 1.28 bits per heavy atom. The van der Waals surface area contributed by atoms with Crippen LogP contribution in [0.3, 0.4) is 0 Å². The van der Waals surface area contributed by atoms with Crippen LogP contribution in [-0.4, -0.2) is 12.1 Å². The van der Waals surface area contributed by atoms with Gasteiger partial charge in [0.25, 0.3) is 0 Å². The molecule has 0 saturated heterocycles. The number of methoxy groups -OCH3 is 1. The Labute approximate surface area is 110 Å². The molecule has 0 atom stereocenters. The van der Waals surface area contributed by atoms with Gasteiger partial charge >= 0.3 is 0 Å². The molecule has 1 aromatic carbocycles. The highest BCUT2D eigenvalue weighted by atomic mass is 35.5. The SMILES string of the molecule is COc1ccc(Cl)c(Nc2ccnc(NN)c2)c1. The van der Waals surface area contributed by atoms with Gasteiger partial charge in [0.15, 0.2) is 0 Å². The number of nitrogens with zero attached hydrogens (tertiary/aromatic N) is 1. The quantitative estimate of drug-likeness (QED) is 0.585. The Hall–Kier alpha value is -1.98. The van der Waals surface area contributed by atoms with Crippen LogP contribution in [0, 0.1) is 0 Å². The van der Waals surface area contributed by atoms with E-state index in [1.54, 1.807) is 31.5 Å². The summed E-state index contributed by atoms with van der Waals surface area (Å²) < 4.78 is 5.15. The van der Waals surface area contributed by atoms with Crippen molar-refractivity contribution in [2.24, 2.45) is 5.84 Å². The number of hydrogen-bond donors (Lipinski definition) is 3. The smallest absolute Gasteiger partial charge is 0.141 e. The first-order valence-electron chi connectivity index (χ1n) is 5.26. The second-order valence-corrected chi connectivity index (χ2v) is 3.95. The molecule has 0 aliphatic carbocycles. The predicted octanol–water partition coefficient (Wildman–Crippen LogP) is 2.77. The number of ether oxygens (including phenoxy) is 1. The van der Waals surface area contributed by atoms with Gasteiger partial charge in [-0.1, -0.05) is 11.6 Å². The molecule has 2 aromatic rings. The Morgan fingerprint density at radius 3 is 2.83 bits per heavy atom. The molecule has 1 heterocycles. The van der Waals surface area contributed by atoms with Gasteiger partial charge < -0.3 is 15.5 Å². The number of rotatable bonds is 4. The van der Waals surface area contributed by atoms with E-state index < -0.39 is 0 Å². The predicted molar refractivity (Wildman–Crippen MR) is 73.3 cm³/mol. The third-order valence-electron chi connectivity index (χ3n) is 2.36. The number of hydrazine groups is 1. The number of benzene rings is 1. The Balaban J connectivity index is 2.27. The Morgan fingerprint density at radius 2 is 2.11 bits per heavy atom. The Bertz CT molecular complexity index is 547. The number of halogens is 1. The molecule has 0 bridgehead atoms. The van der Waals surface area contributed by atoms with Crippen LogP contribution in [0.15, 0.2) is 36.5 Å². The lowest BCUT2D eigenvalue weighted by Crippen LogP contribution is -2.08. The summed E-state index contributed by atoms with van der Waals surface area (Å²) in [6.07, 6.45) is 1.64. The fraction of sp³-hybridized carbons (Fsp3) is 0.0833. The molecule has 0 unspecified atom stereocenters. The molecule has 18 heavy (non-hydrogen) atoms. The fourth-order valence-corrected chi connectivity index (χ4v) is 1.63. The molecule has 0 fully saturated rings. The van der Waals surface area contributed by atoms with E-state index in [1.807, 2.05) is 12.1 Å². The summed E-state index contributed by atoms with van der Waals surface area (Å²) in [5, 5.41) is 3.78. The zero-order valence-corrected chi connectivity index (χ0v) is 10.5. The number of nitrogens with two attached hydrogens (primary N) is 1. The first-order chi connectivity index (χ1) is 8.72. The average molecular weight is 265 g/mol. The summed E-state index contributed by atoms with van der Waals surface area (Å²) in [5.74, 6) is 6.60. The number of anilines is 3. The van der Waals surface area contributed by atoms with Gasteiger partial charge in [0.1, 0.15) is 11.6 Å². The van der Waals surface area contributed by atoms with Crippen LogP contribution in [0.5, 0.6) is 5.75 Å². The second kappa shape index (κ2) is 5.57. The monoisotopic (exact) mass is 264 g/mol. The normalized spacial score (nSPS) is 9.94. The van der Waals surface area contributed by atoms with E-state index in [1.165, 1.54) is 0 Å². The molecular weight excluding hydrogens is 252 g/mol. The lowest BCUT2D eigenvalue weighted by Gasteiger charge is -2.10. The van der Waals surface area contributed by atoms with Gasteiger partial charge in [-0.25, -0.2) is 10.8 Å².